The average molecular weight is 386 g/mol. The van der Waals surface area contributed by atoms with Gasteiger partial charge in [-0.3, -0.25) is 4.99 Å². The molecule has 1 atom stereocenters. The first-order valence-electron chi connectivity index (χ1n) is 9.81. The van der Waals surface area contributed by atoms with Crippen LogP contribution < -0.4 is 0 Å². The molecule has 0 spiro atoms. The predicted octanol–water partition coefficient (Wildman–Crippen LogP) is 5.64. The molecule has 3 rings (SSSR count). The van der Waals surface area contributed by atoms with Gasteiger partial charge in [-0.25, -0.2) is 4.79 Å². The second kappa shape index (κ2) is 8.44. The van der Waals surface area contributed by atoms with Crippen LogP contribution in [0.1, 0.15) is 37.5 Å². The van der Waals surface area contributed by atoms with Crippen molar-refractivity contribution in [1.29, 1.82) is 0 Å². The van der Waals surface area contributed by atoms with Crippen LogP contribution in [0.4, 0.5) is 0 Å². The van der Waals surface area contributed by atoms with Gasteiger partial charge in [0.05, 0.1) is 5.71 Å². The van der Waals surface area contributed by atoms with Gasteiger partial charge in [0.25, 0.3) is 0 Å². The van der Waals surface area contributed by atoms with Gasteiger partial charge in [-0.2, -0.15) is 0 Å². The quantitative estimate of drug-likeness (QED) is 0.559. The lowest BCUT2D eigenvalue weighted by Gasteiger charge is -2.39. The third kappa shape index (κ3) is 4.45. The van der Waals surface area contributed by atoms with Gasteiger partial charge >= 0.3 is 5.97 Å². The third-order valence-corrected chi connectivity index (χ3v) is 5.29. The van der Waals surface area contributed by atoms with Gasteiger partial charge in [-0.15, -0.1) is 0 Å². The molecule has 0 fully saturated rings. The first kappa shape index (κ1) is 20.5. The SMILES string of the molecule is CC(C)(C)[C@@](Cc1ccccc1)(N=C(c1ccccc1)c1ccccc1)C(=O)O. The Labute approximate surface area is 172 Å². The van der Waals surface area contributed by atoms with Crippen LogP contribution in [0.15, 0.2) is 96.0 Å². The summed E-state index contributed by atoms with van der Waals surface area (Å²) in [6.07, 6.45) is 0.315. The van der Waals surface area contributed by atoms with Crippen molar-refractivity contribution in [1.82, 2.24) is 0 Å². The molecular weight excluding hydrogens is 358 g/mol. The van der Waals surface area contributed by atoms with E-state index in [0.717, 1.165) is 16.7 Å². The Morgan fingerprint density at radius 1 is 0.759 bits per heavy atom. The summed E-state index contributed by atoms with van der Waals surface area (Å²) in [5.41, 5.74) is 1.52. The Kier molecular flexibility index (Phi) is 5.97. The van der Waals surface area contributed by atoms with Crippen LogP contribution in [0.2, 0.25) is 0 Å². The fourth-order valence-corrected chi connectivity index (χ4v) is 3.49. The Bertz CT molecular complexity index is 932. The van der Waals surface area contributed by atoms with E-state index < -0.39 is 16.9 Å². The van der Waals surface area contributed by atoms with E-state index in [4.69, 9.17) is 4.99 Å². The van der Waals surface area contributed by atoms with Crippen molar-refractivity contribution in [2.45, 2.75) is 32.7 Å². The van der Waals surface area contributed by atoms with E-state index in [2.05, 4.69) is 0 Å². The number of benzene rings is 3. The van der Waals surface area contributed by atoms with Crippen LogP contribution in [-0.2, 0) is 11.2 Å². The molecule has 0 heterocycles. The van der Waals surface area contributed by atoms with Crippen LogP contribution in [0.25, 0.3) is 0 Å². The number of aliphatic imine (C=N–C) groups is 1. The molecule has 0 aromatic heterocycles. The number of hydrogen-bond acceptors (Lipinski definition) is 2. The number of aliphatic carboxylic acids is 1. The zero-order valence-electron chi connectivity index (χ0n) is 17.2. The topological polar surface area (TPSA) is 49.7 Å². The Balaban J connectivity index is 2.26. The summed E-state index contributed by atoms with van der Waals surface area (Å²) in [6.45, 7) is 5.84. The Morgan fingerprint density at radius 2 is 1.17 bits per heavy atom. The monoisotopic (exact) mass is 385 g/mol. The van der Waals surface area contributed by atoms with Crippen molar-refractivity contribution in [2.75, 3.05) is 0 Å². The van der Waals surface area contributed by atoms with E-state index >= 15 is 0 Å². The summed E-state index contributed by atoms with van der Waals surface area (Å²) in [6, 6.07) is 29.3. The smallest absolute Gasteiger partial charge is 0.332 e. The van der Waals surface area contributed by atoms with Gasteiger partial charge < -0.3 is 5.11 Å². The maximum Gasteiger partial charge on any atom is 0.332 e. The van der Waals surface area contributed by atoms with Crippen molar-refractivity contribution >= 4 is 11.7 Å². The third-order valence-electron chi connectivity index (χ3n) is 5.29. The van der Waals surface area contributed by atoms with Crippen LogP contribution in [-0.4, -0.2) is 22.3 Å². The average Bonchev–Trinajstić information content (AvgIpc) is 2.72. The highest BCUT2D eigenvalue weighted by atomic mass is 16.4. The zero-order valence-corrected chi connectivity index (χ0v) is 17.2. The second-order valence-electron chi connectivity index (χ2n) is 8.27. The lowest BCUT2D eigenvalue weighted by atomic mass is 9.70. The molecule has 0 aliphatic rings. The van der Waals surface area contributed by atoms with Crippen molar-refractivity contribution in [3.63, 3.8) is 0 Å². The number of nitrogens with zero attached hydrogens (tertiary/aromatic N) is 1. The Morgan fingerprint density at radius 3 is 1.55 bits per heavy atom. The lowest BCUT2D eigenvalue weighted by Crippen LogP contribution is -2.51. The van der Waals surface area contributed by atoms with Crippen LogP contribution in [0.3, 0.4) is 0 Å². The lowest BCUT2D eigenvalue weighted by molar-refractivity contribution is -0.147. The maximum atomic E-state index is 12.8. The molecule has 0 saturated heterocycles. The summed E-state index contributed by atoms with van der Waals surface area (Å²) in [7, 11) is 0. The van der Waals surface area contributed by atoms with Gasteiger partial charge in [0, 0.05) is 17.5 Å². The summed E-state index contributed by atoms with van der Waals surface area (Å²) in [4.78, 5) is 17.8. The minimum atomic E-state index is -1.32. The molecule has 0 aliphatic heterocycles. The number of hydrogen-bond donors (Lipinski definition) is 1. The molecule has 0 amide bonds. The van der Waals surface area contributed by atoms with Gasteiger partial charge in [0.15, 0.2) is 5.54 Å². The van der Waals surface area contributed by atoms with Crippen molar-refractivity contribution in [2.24, 2.45) is 10.4 Å². The molecule has 148 valence electrons. The van der Waals surface area contributed by atoms with Gasteiger partial charge in [-0.05, 0) is 11.0 Å². The number of carbonyl (C=O) groups is 1. The zero-order chi connectivity index (χ0) is 20.9. The molecule has 3 nitrogen and oxygen atoms in total. The summed E-state index contributed by atoms with van der Waals surface area (Å²) in [5.74, 6) is -0.918. The van der Waals surface area contributed by atoms with Crippen molar-refractivity contribution in [3.8, 4) is 0 Å². The number of carboxylic acids is 1. The largest absolute Gasteiger partial charge is 0.479 e. The first-order chi connectivity index (χ1) is 13.8. The van der Waals surface area contributed by atoms with Gasteiger partial charge in [0.2, 0.25) is 0 Å². The molecule has 29 heavy (non-hydrogen) atoms. The molecule has 1 N–H and O–H groups in total. The van der Waals surface area contributed by atoms with Crippen LogP contribution >= 0.6 is 0 Å². The fraction of sp³-hybridized carbons (Fsp3) is 0.231. The number of carboxylic acid groups (broad SMARTS) is 1. The van der Waals surface area contributed by atoms with Crippen LogP contribution in [0, 0.1) is 5.41 Å². The van der Waals surface area contributed by atoms with E-state index in [1.54, 1.807) is 0 Å². The first-order valence-corrected chi connectivity index (χ1v) is 9.81. The summed E-state index contributed by atoms with van der Waals surface area (Å²) in [5, 5.41) is 10.5. The van der Waals surface area contributed by atoms with E-state index in [0.29, 0.717) is 12.1 Å². The molecule has 3 aromatic carbocycles. The van der Waals surface area contributed by atoms with Gasteiger partial charge in [-0.1, -0.05) is 112 Å². The highest BCUT2D eigenvalue weighted by Gasteiger charge is 2.49. The van der Waals surface area contributed by atoms with Gasteiger partial charge in [0.1, 0.15) is 0 Å². The molecule has 0 radical (unpaired) electrons. The van der Waals surface area contributed by atoms with E-state index in [1.807, 2.05) is 112 Å². The summed E-state index contributed by atoms with van der Waals surface area (Å²) >= 11 is 0. The molecule has 0 saturated carbocycles. The minimum absolute atomic E-state index is 0.315. The van der Waals surface area contributed by atoms with Crippen molar-refractivity contribution in [3.05, 3.63) is 108 Å². The molecule has 3 heteroatoms. The highest BCUT2D eigenvalue weighted by molar-refractivity contribution is 6.13. The van der Waals surface area contributed by atoms with Crippen LogP contribution in [0.5, 0.6) is 0 Å². The Hall–Kier alpha value is -3.20. The molecule has 0 bridgehead atoms. The molecular formula is C26H27NO2. The van der Waals surface area contributed by atoms with Crippen molar-refractivity contribution < 1.29 is 9.90 Å². The molecule has 0 unspecified atom stereocenters. The second-order valence-corrected chi connectivity index (χ2v) is 8.27. The van der Waals surface area contributed by atoms with E-state index in [9.17, 15) is 9.90 Å². The summed E-state index contributed by atoms with van der Waals surface area (Å²) < 4.78 is 0. The minimum Gasteiger partial charge on any atom is -0.479 e. The predicted molar refractivity (Wildman–Crippen MR) is 118 cm³/mol. The molecule has 3 aromatic rings. The van der Waals surface area contributed by atoms with E-state index in [-0.39, 0.29) is 0 Å². The number of rotatable bonds is 6. The normalized spacial score (nSPS) is 13.3. The van der Waals surface area contributed by atoms with E-state index in [1.165, 1.54) is 0 Å². The highest BCUT2D eigenvalue weighted by Crippen LogP contribution is 2.38. The maximum absolute atomic E-state index is 12.8. The standard InChI is InChI=1S/C26H27NO2/c1-25(2,3)26(24(28)29,19-20-13-7-4-8-14-20)27-23(21-15-9-5-10-16-21)22-17-11-6-12-18-22/h4-18H,19H2,1-3H3,(H,28,29)/t26-/m0/s1. The molecule has 0 aliphatic carbocycles. The fourth-order valence-electron chi connectivity index (χ4n) is 3.49.